The van der Waals surface area contributed by atoms with Crippen molar-refractivity contribution in [3.05, 3.63) is 100 Å². The van der Waals surface area contributed by atoms with Crippen LogP contribution in [0.15, 0.2) is 66.7 Å². The highest BCUT2D eigenvalue weighted by atomic mass is 15.3. The van der Waals surface area contributed by atoms with Crippen molar-refractivity contribution in [2.24, 2.45) is 0 Å². The van der Waals surface area contributed by atoms with E-state index in [1.54, 1.807) is 0 Å². The Kier molecular flexibility index (Phi) is 5.00. The van der Waals surface area contributed by atoms with Gasteiger partial charge in [-0.05, 0) is 87.8 Å². The number of benzene rings is 4. The Labute approximate surface area is 241 Å². The van der Waals surface area contributed by atoms with Crippen LogP contribution in [0.2, 0.25) is 0 Å². The van der Waals surface area contributed by atoms with Gasteiger partial charge in [0.1, 0.15) is 0 Å². The predicted octanol–water partition coefficient (Wildman–Crippen LogP) is 9.20. The summed E-state index contributed by atoms with van der Waals surface area (Å²) in [6.07, 6.45) is 0. The van der Waals surface area contributed by atoms with Crippen molar-refractivity contribution >= 4 is 35.2 Å². The lowest BCUT2D eigenvalue weighted by Gasteiger charge is -2.43. The quantitative estimate of drug-likeness (QED) is 0.212. The maximum absolute atomic E-state index is 2.65. The molecule has 4 aromatic rings. The van der Waals surface area contributed by atoms with Crippen LogP contribution in [-0.4, -0.2) is 6.98 Å². The van der Waals surface area contributed by atoms with Gasteiger partial charge >= 0.3 is 6.98 Å². The first-order valence-corrected chi connectivity index (χ1v) is 14.8. The summed E-state index contributed by atoms with van der Waals surface area (Å²) in [5.41, 5.74) is 17.8. The summed E-state index contributed by atoms with van der Waals surface area (Å²) in [4.78, 5) is 5.29. The highest BCUT2D eigenvalue weighted by Crippen LogP contribution is 2.59. The summed E-state index contributed by atoms with van der Waals surface area (Å²) >= 11 is 0. The van der Waals surface area contributed by atoms with Crippen LogP contribution in [0.25, 0.3) is 11.1 Å². The monoisotopic (exact) mass is 524 g/mol. The second kappa shape index (κ2) is 7.84. The molecule has 4 aromatic carbocycles. The van der Waals surface area contributed by atoms with Crippen molar-refractivity contribution in [2.45, 2.75) is 85.5 Å². The third kappa shape index (κ3) is 3.36. The minimum atomic E-state index is -0.0829. The van der Waals surface area contributed by atoms with Crippen LogP contribution >= 0.6 is 0 Å². The lowest BCUT2D eigenvalue weighted by atomic mass is 9.57. The molecule has 0 N–H and O–H groups in total. The molecule has 0 atom stereocenters. The number of aryl methyl sites for hydroxylation is 2. The molecule has 0 saturated carbocycles. The number of fused-ring (bicyclic) bond motifs is 10. The lowest BCUT2D eigenvalue weighted by molar-refractivity contribution is 0.589. The van der Waals surface area contributed by atoms with Crippen LogP contribution in [0.3, 0.4) is 0 Å². The second-order valence-electron chi connectivity index (χ2n) is 15.0. The maximum atomic E-state index is 2.65. The van der Waals surface area contributed by atoms with E-state index >= 15 is 0 Å². The summed E-state index contributed by atoms with van der Waals surface area (Å²) in [5.74, 6) is 0. The van der Waals surface area contributed by atoms with E-state index in [0.29, 0.717) is 0 Å². The van der Waals surface area contributed by atoms with Crippen LogP contribution in [0, 0.1) is 13.8 Å². The van der Waals surface area contributed by atoms with Crippen LogP contribution in [-0.2, 0) is 16.2 Å². The Morgan fingerprint density at radius 2 is 1.18 bits per heavy atom. The highest BCUT2D eigenvalue weighted by Gasteiger charge is 2.53. The van der Waals surface area contributed by atoms with Crippen LogP contribution in [0.5, 0.6) is 0 Å². The standard InChI is InChI=1S/C37H41BN2/c1-22-11-15-32-28(17-22)37(9,10)29-18-23(2)19-33-34(29)40(32)38-30-14-12-24(35(3,4)5)20-26(30)27-21-25(36(6,7)8)13-16-31(27)39(33)38/h11-21H,1-10H3. The molecule has 0 aliphatic carbocycles. The average Bonchev–Trinajstić information content (AvgIpc) is 3.21. The fourth-order valence-corrected chi connectivity index (χ4v) is 7.25. The molecule has 0 unspecified atom stereocenters. The van der Waals surface area contributed by atoms with E-state index < -0.39 is 0 Å². The number of rotatable bonds is 0. The maximum Gasteiger partial charge on any atom is 0.421 e. The zero-order chi connectivity index (χ0) is 28.5. The van der Waals surface area contributed by atoms with Gasteiger partial charge in [0.05, 0.1) is 11.4 Å². The van der Waals surface area contributed by atoms with Gasteiger partial charge in [-0.3, -0.25) is 0 Å². The molecule has 202 valence electrons. The van der Waals surface area contributed by atoms with Gasteiger partial charge in [-0.25, -0.2) is 0 Å². The molecule has 7 rings (SSSR count). The number of hydrogen-bond acceptors (Lipinski definition) is 2. The molecule has 40 heavy (non-hydrogen) atoms. The molecule has 0 aromatic heterocycles. The van der Waals surface area contributed by atoms with Crippen LogP contribution in [0.4, 0.5) is 22.7 Å². The number of hydrogen-bond donors (Lipinski definition) is 0. The van der Waals surface area contributed by atoms with Crippen LogP contribution < -0.4 is 15.1 Å². The van der Waals surface area contributed by atoms with Crippen molar-refractivity contribution in [1.82, 2.24) is 0 Å². The van der Waals surface area contributed by atoms with E-state index in [0.717, 1.165) is 0 Å². The third-order valence-electron chi connectivity index (χ3n) is 9.59. The smallest absolute Gasteiger partial charge is 0.359 e. The molecule has 0 fully saturated rings. The molecule has 3 heterocycles. The molecule has 0 radical (unpaired) electrons. The summed E-state index contributed by atoms with van der Waals surface area (Å²) in [7, 11) is 0. The molecule has 2 nitrogen and oxygen atoms in total. The molecule has 0 spiro atoms. The minimum Gasteiger partial charge on any atom is -0.359 e. The van der Waals surface area contributed by atoms with Gasteiger partial charge in [0, 0.05) is 22.4 Å². The van der Waals surface area contributed by atoms with E-state index in [9.17, 15) is 0 Å². The largest absolute Gasteiger partial charge is 0.421 e. The zero-order valence-electron chi connectivity index (χ0n) is 25.8. The third-order valence-corrected chi connectivity index (χ3v) is 9.59. The summed E-state index contributed by atoms with van der Waals surface area (Å²) in [6.45, 7) is 23.3. The van der Waals surface area contributed by atoms with E-state index in [1.807, 2.05) is 0 Å². The van der Waals surface area contributed by atoms with Gasteiger partial charge in [-0.2, -0.15) is 0 Å². The van der Waals surface area contributed by atoms with E-state index in [2.05, 4.69) is 146 Å². The molecule has 3 heteroatoms. The molecular weight excluding hydrogens is 483 g/mol. The van der Waals surface area contributed by atoms with Gasteiger partial charge in [0.2, 0.25) is 0 Å². The Morgan fingerprint density at radius 1 is 0.575 bits per heavy atom. The van der Waals surface area contributed by atoms with Crippen molar-refractivity contribution in [2.75, 3.05) is 9.62 Å². The van der Waals surface area contributed by atoms with Crippen molar-refractivity contribution in [3.8, 4) is 11.1 Å². The van der Waals surface area contributed by atoms with Crippen molar-refractivity contribution < 1.29 is 0 Å². The summed E-state index contributed by atoms with van der Waals surface area (Å²) < 4.78 is 0. The molecular formula is C37H41BN2. The first-order chi connectivity index (χ1) is 18.7. The molecule has 3 aliphatic rings. The minimum absolute atomic E-state index is 0.0742. The Bertz CT molecular complexity index is 1730. The normalized spacial score (nSPS) is 16.3. The van der Waals surface area contributed by atoms with Gasteiger partial charge < -0.3 is 9.62 Å². The van der Waals surface area contributed by atoms with Gasteiger partial charge in [-0.15, -0.1) is 0 Å². The molecule has 3 aliphatic heterocycles. The molecule has 0 saturated heterocycles. The Hall–Kier alpha value is -3.46. The second-order valence-corrected chi connectivity index (χ2v) is 15.0. The Balaban J connectivity index is 1.59. The van der Waals surface area contributed by atoms with Gasteiger partial charge in [0.25, 0.3) is 0 Å². The Morgan fingerprint density at radius 3 is 1.85 bits per heavy atom. The van der Waals surface area contributed by atoms with E-state index in [1.165, 1.54) is 72.7 Å². The SMILES string of the molecule is Cc1ccc2c(c1)C(C)(C)c1cc(C)cc3c1N2B1c2ccc(C(C)(C)C)cc2-c2cc(C(C)(C)C)ccc2N13. The number of nitrogens with zero attached hydrogens (tertiary/aromatic N) is 2. The average molecular weight is 525 g/mol. The van der Waals surface area contributed by atoms with Crippen molar-refractivity contribution in [1.29, 1.82) is 0 Å². The topological polar surface area (TPSA) is 6.48 Å². The number of anilines is 4. The first kappa shape index (κ1) is 25.5. The van der Waals surface area contributed by atoms with Gasteiger partial charge in [-0.1, -0.05) is 103 Å². The lowest BCUT2D eigenvalue weighted by Crippen LogP contribution is -2.56. The summed E-state index contributed by atoms with van der Waals surface area (Å²) in [6, 6.07) is 26.4. The molecule has 0 amide bonds. The van der Waals surface area contributed by atoms with Gasteiger partial charge in [0.15, 0.2) is 0 Å². The van der Waals surface area contributed by atoms with E-state index in [4.69, 9.17) is 0 Å². The summed E-state index contributed by atoms with van der Waals surface area (Å²) in [5, 5.41) is 0. The fourth-order valence-electron chi connectivity index (χ4n) is 7.25. The first-order valence-electron chi connectivity index (χ1n) is 14.8. The molecule has 0 bridgehead atoms. The van der Waals surface area contributed by atoms with E-state index in [-0.39, 0.29) is 23.2 Å². The fraction of sp³-hybridized carbons (Fsp3) is 0.351. The van der Waals surface area contributed by atoms with Crippen LogP contribution in [0.1, 0.15) is 88.8 Å². The predicted molar refractivity (Wildman–Crippen MR) is 173 cm³/mol. The highest BCUT2D eigenvalue weighted by molar-refractivity contribution is 6.86. The zero-order valence-corrected chi connectivity index (χ0v) is 25.8. The van der Waals surface area contributed by atoms with Crippen molar-refractivity contribution in [3.63, 3.8) is 0 Å².